The average molecular weight is 386 g/mol. The Hall–Kier alpha value is 1.16. The Kier molecular flexibility index (Phi) is 17.4. The molecule has 0 aromatic heterocycles. The zero-order chi connectivity index (χ0) is 13.0. The van der Waals surface area contributed by atoms with Gasteiger partial charge in [0.25, 0.3) is 0 Å². The molecular weight excluding hydrogens is 350 g/mol. The maximum absolute atomic E-state index is 2.39. The molecule has 0 saturated heterocycles. The van der Waals surface area contributed by atoms with Crippen molar-refractivity contribution >= 4 is 7.26 Å². The van der Waals surface area contributed by atoms with E-state index < -0.39 is 7.26 Å². The summed E-state index contributed by atoms with van der Waals surface area (Å²) in [6, 6.07) is 0. The fourth-order valence-electron chi connectivity index (χ4n) is 3.01. The summed E-state index contributed by atoms with van der Waals surface area (Å²) in [6.07, 6.45) is 17.9. The van der Waals surface area contributed by atoms with Crippen molar-refractivity contribution in [3.63, 3.8) is 0 Å². The van der Waals surface area contributed by atoms with E-state index in [2.05, 4.69) is 27.7 Å². The molecule has 0 aliphatic heterocycles. The molecule has 18 heavy (non-hydrogen) atoms. The van der Waals surface area contributed by atoms with E-state index >= 15 is 0 Å². The van der Waals surface area contributed by atoms with Gasteiger partial charge < -0.3 is 24.0 Å². The van der Waals surface area contributed by atoms with Crippen LogP contribution in [0.4, 0.5) is 0 Å². The summed E-state index contributed by atoms with van der Waals surface area (Å²) in [6.45, 7) is 9.45. The van der Waals surface area contributed by atoms with Crippen LogP contribution in [0.3, 0.4) is 0 Å². The number of halogens is 1. The van der Waals surface area contributed by atoms with Gasteiger partial charge in [-0.3, -0.25) is 0 Å². The molecule has 0 unspecified atom stereocenters. The van der Waals surface area contributed by atoms with Crippen LogP contribution < -0.4 is 24.0 Å². The molecule has 0 spiro atoms. The van der Waals surface area contributed by atoms with Crippen LogP contribution in [-0.2, 0) is 0 Å². The summed E-state index contributed by atoms with van der Waals surface area (Å²) in [5.41, 5.74) is 0. The first-order chi connectivity index (χ1) is 8.24. The van der Waals surface area contributed by atoms with Crippen molar-refractivity contribution in [3.8, 4) is 0 Å². The van der Waals surface area contributed by atoms with Crippen LogP contribution in [0.15, 0.2) is 0 Å². The number of rotatable bonds is 12. The minimum absolute atomic E-state index is 0. The monoisotopic (exact) mass is 386 g/mol. The molecule has 0 atom stereocenters. The molecule has 0 nitrogen and oxygen atoms in total. The lowest BCUT2D eigenvalue weighted by molar-refractivity contribution is -0.00000406. The van der Waals surface area contributed by atoms with Crippen LogP contribution >= 0.6 is 7.26 Å². The fourth-order valence-corrected chi connectivity index (χ4v) is 8.04. The van der Waals surface area contributed by atoms with Crippen LogP contribution in [0.25, 0.3) is 0 Å². The minimum atomic E-state index is -0.556. The molecule has 0 heterocycles. The summed E-state index contributed by atoms with van der Waals surface area (Å²) < 4.78 is 0. The van der Waals surface area contributed by atoms with Gasteiger partial charge in [-0.2, -0.15) is 0 Å². The van der Waals surface area contributed by atoms with Crippen LogP contribution in [0.2, 0.25) is 0 Å². The number of hydrogen-bond donors (Lipinski definition) is 0. The summed E-state index contributed by atoms with van der Waals surface area (Å²) in [5.74, 6) is 0. The molecule has 0 aromatic rings. The predicted octanol–water partition coefficient (Wildman–Crippen LogP) is 3.21. The molecule has 0 aliphatic carbocycles. The second-order valence-electron chi connectivity index (χ2n) is 5.65. The van der Waals surface area contributed by atoms with Crippen molar-refractivity contribution in [2.24, 2.45) is 0 Å². The highest BCUT2D eigenvalue weighted by molar-refractivity contribution is 7.75. The molecule has 2 heteroatoms. The first-order valence-electron chi connectivity index (χ1n) is 8.09. The Balaban J connectivity index is 0. The third-order valence-electron chi connectivity index (χ3n) is 3.87. The van der Waals surface area contributed by atoms with E-state index in [0.717, 1.165) is 0 Å². The lowest BCUT2D eigenvalue weighted by Crippen LogP contribution is -3.00. The average Bonchev–Trinajstić information content (AvgIpc) is 2.30. The van der Waals surface area contributed by atoms with Crippen LogP contribution in [0, 0.1) is 0 Å². The zero-order valence-corrected chi connectivity index (χ0v) is 16.4. The second kappa shape index (κ2) is 14.6. The highest BCUT2D eigenvalue weighted by Gasteiger charge is 2.33. The Morgan fingerprint density at radius 1 is 0.500 bits per heavy atom. The highest BCUT2D eigenvalue weighted by atomic mass is 127. The molecular formula is C16H36IP. The third kappa shape index (κ3) is 10.0. The Morgan fingerprint density at radius 2 is 0.889 bits per heavy atom. The van der Waals surface area contributed by atoms with Gasteiger partial charge in [-0.15, -0.1) is 0 Å². The summed E-state index contributed by atoms with van der Waals surface area (Å²) in [4.78, 5) is 0. The van der Waals surface area contributed by atoms with Crippen molar-refractivity contribution in [1.29, 1.82) is 0 Å². The summed E-state index contributed by atoms with van der Waals surface area (Å²) >= 11 is 0. The molecule has 0 saturated carbocycles. The van der Waals surface area contributed by atoms with Crippen LogP contribution in [-0.4, -0.2) is 24.6 Å². The van der Waals surface area contributed by atoms with E-state index in [1.165, 1.54) is 51.4 Å². The Labute approximate surface area is 134 Å². The van der Waals surface area contributed by atoms with Gasteiger partial charge in [0, 0.05) is 7.26 Å². The maximum Gasteiger partial charge on any atom is 0.0594 e. The normalized spacial score (nSPS) is 11.3. The Morgan fingerprint density at radius 3 is 1.17 bits per heavy atom. The molecule has 0 amide bonds. The summed E-state index contributed by atoms with van der Waals surface area (Å²) in [5, 5.41) is 0. The van der Waals surface area contributed by atoms with Crippen molar-refractivity contribution in [2.75, 3.05) is 24.6 Å². The van der Waals surface area contributed by atoms with Gasteiger partial charge in [0.2, 0.25) is 0 Å². The van der Waals surface area contributed by atoms with Gasteiger partial charge in [0.1, 0.15) is 0 Å². The van der Waals surface area contributed by atoms with E-state index in [4.69, 9.17) is 0 Å². The minimum Gasteiger partial charge on any atom is -1.00 e. The first-order valence-corrected chi connectivity index (χ1v) is 10.6. The lowest BCUT2D eigenvalue weighted by Gasteiger charge is -2.27. The summed E-state index contributed by atoms with van der Waals surface area (Å²) in [7, 11) is -0.556. The van der Waals surface area contributed by atoms with Gasteiger partial charge in [0.05, 0.1) is 24.6 Å². The second-order valence-corrected chi connectivity index (χ2v) is 10.1. The molecule has 112 valence electrons. The van der Waals surface area contributed by atoms with Gasteiger partial charge in [-0.1, -0.05) is 53.4 Å². The van der Waals surface area contributed by atoms with Gasteiger partial charge >= 0.3 is 0 Å². The first kappa shape index (κ1) is 21.5. The molecule has 0 rings (SSSR count). The highest BCUT2D eigenvalue weighted by Crippen LogP contribution is 2.60. The smallest absolute Gasteiger partial charge is 0.0594 e. The Bertz CT molecular complexity index is 141. The van der Waals surface area contributed by atoms with Gasteiger partial charge in [-0.05, 0) is 25.7 Å². The predicted molar refractivity (Wildman–Crippen MR) is 86.0 cm³/mol. The molecule has 0 aromatic carbocycles. The van der Waals surface area contributed by atoms with Crippen LogP contribution in [0.5, 0.6) is 0 Å². The van der Waals surface area contributed by atoms with Crippen LogP contribution in [0.1, 0.15) is 79.1 Å². The molecule has 0 radical (unpaired) electrons. The lowest BCUT2D eigenvalue weighted by atomic mass is 10.3. The molecule has 0 N–H and O–H groups in total. The van der Waals surface area contributed by atoms with Crippen molar-refractivity contribution < 1.29 is 24.0 Å². The maximum atomic E-state index is 2.39. The van der Waals surface area contributed by atoms with Gasteiger partial charge in [-0.25, -0.2) is 0 Å². The van der Waals surface area contributed by atoms with Crippen molar-refractivity contribution in [2.45, 2.75) is 79.1 Å². The standard InChI is InChI=1S/C16H36P.HI/c1-5-9-11-15-17(13-7-3,14-8-4)16-12-10-6-2;/h5-16H2,1-4H3;1H/q+1;/p-1. The number of hydrogen-bond acceptors (Lipinski definition) is 0. The zero-order valence-electron chi connectivity index (χ0n) is 13.3. The van der Waals surface area contributed by atoms with E-state index in [1.54, 1.807) is 24.6 Å². The van der Waals surface area contributed by atoms with E-state index in [9.17, 15) is 0 Å². The molecule has 0 aliphatic rings. The fraction of sp³-hybridized carbons (Fsp3) is 1.00. The largest absolute Gasteiger partial charge is 1.00 e. The molecule has 0 bridgehead atoms. The van der Waals surface area contributed by atoms with E-state index in [1.807, 2.05) is 0 Å². The topological polar surface area (TPSA) is 0 Å². The van der Waals surface area contributed by atoms with E-state index in [0.29, 0.717) is 0 Å². The SMILES string of the molecule is CCCCC[P+](CCC)(CCC)CCCCC.[I-]. The van der Waals surface area contributed by atoms with Gasteiger partial charge in [0.15, 0.2) is 0 Å². The third-order valence-corrected chi connectivity index (χ3v) is 9.19. The molecule has 0 fully saturated rings. The quantitative estimate of drug-likeness (QED) is 0.275. The van der Waals surface area contributed by atoms with E-state index in [-0.39, 0.29) is 24.0 Å². The van der Waals surface area contributed by atoms with Crippen molar-refractivity contribution in [1.82, 2.24) is 0 Å². The number of unbranched alkanes of at least 4 members (excludes halogenated alkanes) is 4. The van der Waals surface area contributed by atoms with Crippen molar-refractivity contribution in [3.05, 3.63) is 0 Å².